The molecule has 0 unspecified atom stereocenters. The van der Waals surface area contributed by atoms with E-state index < -0.39 is 17.8 Å². The molecule has 0 radical (unpaired) electrons. The van der Waals surface area contributed by atoms with Gasteiger partial charge in [-0.3, -0.25) is 9.78 Å². The fourth-order valence-electron chi connectivity index (χ4n) is 2.05. The molecule has 4 nitrogen and oxygen atoms in total. The highest BCUT2D eigenvalue weighted by Gasteiger charge is 2.32. The maximum Gasteiger partial charge on any atom is 0.433 e. The first-order valence-corrected chi connectivity index (χ1v) is 7.73. The van der Waals surface area contributed by atoms with Gasteiger partial charge in [-0.15, -0.1) is 0 Å². The third kappa shape index (κ3) is 4.52. The minimum absolute atomic E-state index is 0.00684. The SMILES string of the molecule is CN(C)[C@H](CNC(=O)c1ccc(C(F)(F)F)nc1)c1ccsc1. The highest BCUT2D eigenvalue weighted by molar-refractivity contribution is 7.07. The number of carbonyl (C=O) groups excluding carboxylic acids is 1. The van der Waals surface area contributed by atoms with E-state index in [2.05, 4.69) is 10.3 Å². The standard InChI is InChI=1S/C15H16F3N3OS/c1-21(2)12(11-5-6-23-9-11)8-20-14(22)10-3-4-13(19-7-10)15(16,17)18/h3-7,9,12H,8H2,1-2H3,(H,20,22)/t12-/m1/s1. The van der Waals surface area contributed by atoms with Crippen LogP contribution in [0, 0.1) is 0 Å². The second-order valence-electron chi connectivity index (χ2n) is 5.18. The lowest BCUT2D eigenvalue weighted by molar-refractivity contribution is -0.141. The summed E-state index contributed by atoms with van der Waals surface area (Å²) in [6.07, 6.45) is -3.57. The van der Waals surface area contributed by atoms with Crippen molar-refractivity contribution >= 4 is 17.2 Å². The van der Waals surface area contributed by atoms with Gasteiger partial charge in [-0.25, -0.2) is 0 Å². The van der Waals surface area contributed by atoms with Crippen LogP contribution in [0.25, 0.3) is 0 Å². The average Bonchev–Trinajstić information content (AvgIpc) is 3.00. The van der Waals surface area contributed by atoms with Crippen LogP contribution in [-0.4, -0.2) is 36.4 Å². The Kier molecular flexibility index (Phi) is 5.38. The number of nitrogens with zero attached hydrogens (tertiary/aromatic N) is 2. The van der Waals surface area contributed by atoms with Crippen LogP contribution in [0.4, 0.5) is 13.2 Å². The van der Waals surface area contributed by atoms with E-state index in [1.807, 2.05) is 35.8 Å². The van der Waals surface area contributed by atoms with Crippen molar-refractivity contribution in [1.82, 2.24) is 15.2 Å². The number of thiophene rings is 1. The van der Waals surface area contributed by atoms with Gasteiger partial charge in [0, 0.05) is 12.7 Å². The number of halogens is 3. The smallest absolute Gasteiger partial charge is 0.350 e. The van der Waals surface area contributed by atoms with Crippen molar-refractivity contribution in [2.75, 3.05) is 20.6 Å². The molecule has 0 spiro atoms. The van der Waals surface area contributed by atoms with E-state index in [1.165, 1.54) is 0 Å². The minimum Gasteiger partial charge on any atom is -0.350 e. The summed E-state index contributed by atoms with van der Waals surface area (Å²) in [6, 6.07) is 3.89. The van der Waals surface area contributed by atoms with Crippen LogP contribution in [0.5, 0.6) is 0 Å². The van der Waals surface area contributed by atoms with E-state index in [-0.39, 0.29) is 11.6 Å². The van der Waals surface area contributed by atoms with Crippen LogP contribution >= 0.6 is 11.3 Å². The number of alkyl halides is 3. The molecule has 0 fully saturated rings. The van der Waals surface area contributed by atoms with Crippen molar-refractivity contribution < 1.29 is 18.0 Å². The van der Waals surface area contributed by atoms with Crippen LogP contribution in [0.2, 0.25) is 0 Å². The summed E-state index contributed by atoms with van der Waals surface area (Å²) in [5, 5.41) is 6.68. The van der Waals surface area contributed by atoms with Crippen molar-refractivity contribution in [1.29, 1.82) is 0 Å². The van der Waals surface area contributed by atoms with E-state index in [0.717, 1.165) is 23.9 Å². The Morgan fingerprint density at radius 3 is 2.57 bits per heavy atom. The van der Waals surface area contributed by atoms with Crippen molar-refractivity contribution in [3.05, 3.63) is 52.0 Å². The Morgan fingerprint density at radius 2 is 2.09 bits per heavy atom. The highest BCUT2D eigenvalue weighted by Crippen LogP contribution is 2.27. The molecule has 2 aromatic rings. The molecule has 0 aliphatic carbocycles. The van der Waals surface area contributed by atoms with Crippen LogP contribution in [0.3, 0.4) is 0 Å². The van der Waals surface area contributed by atoms with Crippen LogP contribution in [0.15, 0.2) is 35.2 Å². The maximum absolute atomic E-state index is 12.5. The van der Waals surface area contributed by atoms with Crippen molar-refractivity contribution in [2.45, 2.75) is 12.2 Å². The molecule has 2 heterocycles. The van der Waals surface area contributed by atoms with Gasteiger partial charge in [0.1, 0.15) is 5.69 Å². The second-order valence-corrected chi connectivity index (χ2v) is 5.96. The molecule has 124 valence electrons. The number of amides is 1. The predicted molar refractivity (Wildman–Crippen MR) is 82.3 cm³/mol. The highest BCUT2D eigenvalue weighted by atomic mass is 32.1. The van der Waals surface area contributed by atoms with Crippen LogP contribution in [-0.2, 0) is 6.18 Å². The van der Waals surface area contributed by atoms with E-state index in [9.17, 15) is 18.0 Å². The zero-order valence-corrected chi connectivity index (χ0v) is 13.4. The van der Waals surface area contributed by atoms with Gasteiger partial charge in [0.05, 0.1) is 11.6 Å². The lowest BCUT2D eigenvalue weighted by Crippen LogP contribution is -2.34. The molecule has 0 aliphatic rings. The first-order valence-electron chi connectivity index (χ1n) is 6.79. The van der Waals surface area contributed by atoms with E-state index in [4.69, 9.17) is 0 Å². The molecule has 2 rings (SSSR count). The average molecular weight is 343 g/mol. The lowest BCUT2D eigenvalue weighted by Gasteiger charge is -2.24. The molecule has 23 heavy (non-hydrogen) atoms. The van der Waals surface area contributed by atoms with Gasteiger partial charge in [0.15, 0.2) is 0 Å². The van der Waals surface area contributed by atoms with Gasteiger partial charge in [-0.05, 0) is 48.6 Å². The maximum atomic E-state index is 12.5. The number of carbonyl (C=O) groups is 1. The largest absolute Gasteiger partial charge is 0.433 e. The molecular formula is C15H16F3N3OS. The summed E-state index contributed by atoms with van der Waals surface area (Å²) in [6.45, 7) is 0.351. The van der Waals surface area contributed by atoms with Gasteiger partial charge in [-0.1, -0.05) is 0 Å². The molecule has 0 saturated carbocycles. The number of nitrogens with one attached hydrogen (secondary N) is 1. The molecule has 8 heteroatoms. The molecule has 0 bridgehead atoms. The summed E-state index contributed by atoms with van der Waals surface area (Å²) < 4.78 is 37.4. The van der Waals surface area contributed by atoms with E-state index in [0.29, 0.717) is 6.54 Å². The van der Waals surface area contributed by atoms with Gasteiger partial charge >= 0.3 is 6.18 Å². The number of likely N-dealkylation sites (N-methyl/N-ethyl adjacent to an activating group) is 1. The Bertz CT molecular complexity index is 639. The predicted octanol–water partition coefficient (Wildman–Crippen LogP) is 3.19. The number of hydrogen-bond acceptors (Lipinski definition) is 4. The second kappa shape index (κ2) is 7.10. The molecule has 0 aliphatic heterocycles. The molecule has 1 amide bonds. The summed E-state index contributed by atoms with van der Waals surface area (Å²) >= 11 is 1.56. The number of aromatic nitrogens is 1. The summed E-state index contributed by atoms with van der Waals surface area (Å²) in [5.74, 6) is -0.451. The van der Waals surface area contributed by atoms with Gasteiger partial charge in [-0.2, -0.15) is 24.5 Å². The normalized spacial score (nSPS) is 13.1. The van der Waals surface area contributed by atoms with E-state index in [1.54, 1.807) is 11.3 Å². The zero-order chi connectivity index (χ0) is 17.0. The molecular weight excluding hydrogens is 327 g/mol. The van der Waals surface area contributed by atoms with Crippen LogP contribution < -0.4 is 5.32 Å². The Hall–Kier alpha value is -1.93. The Labute approximate surface area is 136 Å². The third-order valence-electron chi connectivity index (χ3n) is 3.32. The van der Waals surface area contributed by atoms with Gasteiger partial charge < -0.3 is 10.2 Å². The van der Waals surface area contributed by atoms with Gasteiger partial charge in [0.25, 0.3) is 5.91 Å². The Morgan fingerprint density at radius 1 is 1.35 bits per heavy atom. The number of pyridine rings is 1. The third-order valence-corrected chi connectivity index (χ3v) is 4.02. The number of rotatable bonds is 5. The summed E-state index contributed by atoms with van der Waals surface area (Å²) in [5.41, 5.74) is 0.158. The minimum atomic E-state index is -4.51. The fraction of sp³-hybridized carbons (Fsp3) is 0.333. The molecule has 1 atom stereocenters. The lowest BCUT2D eigenvalue weighted by atomic mass is 10.1. The topological polar surface area (TPSA) is 45.2 Å². The molecule has 1 N–H and O–H groups in total. The first-order chi connectivity index (χ1) is 10.8. The van der Waals surface area contributed by atoms with Gasteiger partial charge in [0.2, 0.25) is 0 Å². The van der Waals surface area contributed by atoms with Crippen molar-refractivity contribution in [3.63, 3.8) is 0 Å². The fourth-order valence-corrected chi connectivity index (χ4v) is 2.76. The van der Waals surface area contributed by atoms with Crippen molar-refractivity contribution in [3.8, 4) is 0 Å². The zero-order valence-electron chi connectivity index (χ0n) is 12.6. The first kappa shape index (κ1) is 17.4. The number of hydrogen-bond donors (Lipinski definition) is 1. The Balaban J connectivity index is 2.01. The molecule has 2 aromatic heterocycles. The summed E-state index contributed by atoms with van der Waals surface area (Å²) in [4.78, 5) is 17.3. The molecule has 0 aromatic carbocycles. The van der Waals surface area contributed by atoms with Crippen molar-refractivity contribution in [2.24, 2.45) is 0 Å². The van der Waals surface area contributed by atoms with Crippen LogP contribution in [0.1, 0.15) is 27.7 Å². The quantitative estimate of drug-likeness (QED) is 0.907. The molecule has 0 saturated heterocycles. The monoisotopic (exact) mass is 343 g/mol. The van der Waals surface area contributed by atoms with E-state index >= 15 is 0 Å². The summed E-state index contributed by atoms with van der Waals surface area (Å²) in [7, 11) is 3.79.